The third-order valence-electron chi connectivity index (χ3n) is 6.03. The molecule has 0 aliphatic heterocycles. The average Bonchev–Trinajstić information content (AvgIpc) is 3.39. The maximum Gasteiger partial charge on any atom is 0.338 e. The SMILES string of the molecule is CCOC(=O)c1ccccc1-c1ccc(CN(C(=O)c2ccc(Cl)cc2Cl)[C@@H](Cc2ccccc2)C(=O)O)o1. The topological polar surface area (TPSA) is 97.0 Å². The van der Waals surface area contributed by atoms with E-state index in [1.165, 1.54) is 23.1 Å². The number of nitrogens with zero attached hydrogens (tertiary/aromatic N) is 1. The number of rotatable bonds is 10. The summed E-state index contributed by atoms with van der Waals surface area (Å²) in [6, 6.07) is 22.3. The Balaban J connectivity index is 1.71. The van der Waals surface area contributed by atoms with Crippen LogP contribution in [0.4, 0.5) is 0 Å². The zero-order valence-corrected chi connectivity index (χ0v) is 22.5. The molecule has 200 valence electrons. The van der Waals surface area contributed by atoms with Crippen molar-refractivity contribution in [3.63, 3.8) is 0 Å². The molecular formula is C30H25Cl2NO6. The summed E-state index contributed by atoms with van der Waals surface area (Å²) in [6.07, 6.45) is 0.0619. The number of benzene rings is 3. The van der Waals surface area contributed by atoms with Crippen molar-refractivity contribution < 1.29 is 28.6 Å². The van der Waals surface area contributed by atoms with Gasteiger partial charge in [0, 0.05) is 17.0 Å². The van der Waals surface area contributed by atoms with Crippen molar-refractivity contribution in [3.05, 3.63) is 117 Å². The Morgan fingerprint density at radius 1 is 0.923 bits per heavy atom. The molecule has 0 unspecified atom stereocenters. The molecule has 4 rings (SSSR count). The summed E-state index contributed by atoms with van der Waals surface area (Å²) in [6.45, 7) is 1.78. The first-order chi connectivity index (χ1) is 18.8. The Morgan fingerprint density at radius 2 is 1.64 bits per heavy atom. The van der Waals surface area contributed by atoms with Crippen molar-refractivity contribution >= 4 is 41.0 Å². The number of carbonyl (C=O) groups excluding carboxylic acids is 2. The van der Waals surface area contributed by atoms with Gasteiger partial charge in [-0.2, -0.15) is 0 Å². The molecule has 39 heavy (non-hydrogen) atoms. The molecule has 0 fully saturated rings. The highest BCUT2D eigenvalue weighted by atomic mass is 35.5. The Bertz CT molecular complexity index is 1480. The van der Waals surface area contributed by atoms with Gasteiger partial charge in [-0.05, 0) is 48.9 Å². The van der Waals surface area contributed by atoms with E-state index in [4.69, 9.17) is 32.4 Å². The van der Waals surface area contributed by atoms with Gasteiger partial charge in [0.25, 0.3) is 5.91 Å². The van der Waals surface area contributed by atoms with Crippen molar-refractivity contribution in [2.75, 3.05) is 6.61 Å². The second-order valence-electron chi connectivity index (χ2n) is 8.63. The van der Waals surface area contributed by atoms with Crippen LogP contribution in [0.5, 0.6) is 0 Å². The number of amides is 1. The van der Waals surface area contributed by atoms with E-state index in [9.17, 15) is 19.5 Å². The lowest BCUT2D eigenvalue weighted by molar-refractivity contribution is -0.142. The van der Waals surface area contributed by atoms with Gasteiger partial charge in [-0.25, -0.2) is 9.59 Å². The quantitative estimate of drug-likeness (QED) is 0.213. The number of ether oxygens (including phenoxy) is 1. The van der Waals surface area contributed by atoms with Crippen LogP contribution in [0.1, 0.15) is 39.0 Å². The lowest BCUT2D eigenvalue weighted by atomic mass is 10.0. The van der Waals surface area contributed by atoms with Crippen molar-refractivity contribution in [1.29, 1.82) is 0 Å². The van der Waals surface area contributed by atoms with E-state index in [0.717, 1.165) is 5.56 Å². The van der Waals surface area contributed by atoms with E-state index < -0.39 is 23.9 Å². The molecular weight excluding hydrogens is 541 g/mol. The second kappa shape index (κ2) is 12.7. The molecule has 1 heterocycles. The fourth-order valence-corrected chi connectivity index (χ4v) is 4.66. The summed E-state index contributed by atoms with van der Waals surface area (Å²) >= 11 is 12.3. The number of hydrogen-bond acceptors (Lipinski definition) is 5. The number of carboxylic acid groups (broad SMARTS) is 1. The lowest BCUT2D eigenvalue weighted by Gasteiger charge is -2.29. The molecule has 3 aromatic carbocycles. The summed E-state index contributed by atoms with van der Waals surface area (Å²) in [4.78, 5) is 39.9. The number of halogens is 2. The van der Waals surface area contributed by atoms with Gasteiger partial charge in [0.1, 0.15) is 17.6 Å². The van der Waals surface area contributed by atoms with E-state index in [1.54, 1.807) is 67.6 Å². The highest BCUT2D eigenvalue weighted by Gasteiger charge is 2.32. The van der Waals surface area contributed by atoms with Crippen LogP contribution in [-0.4, -0.2) is 40.5 Å². The van der Waals surface area contributed by atoms with Crippen LogP contribution in [0.3, 0.4) is 0 Å². The van der Waals surface area contributed by atoms with Gasteiger partial charge < -0.3 is 19.2 Å². The van der Waals surface area contributed by atoms with Crippen molar-refractivity contribution in [2.45, 2.75) is 25.9 Å². The molecule has 0 radical (unpaired) electrons. The molecule has 1 N–H and O–H groups in total. The molecule has 0 bridgehead atoms. The highest BCUT2D eigenvalue weighted by Crippen LogP contribution is 2.29. The van der Waals surface area contributed by atoms with E-state index in [2.05, 4.69) is 0 Å². The van der Waals surface area contributed by atoms with Gasteiger partial charge in [0.2, 0.25) is 0 Å². The van der Waals surface area contributed by atoms with Crippen molar-refractivity contribution in [2.24, 2.45) is 0 Å². The summed E-state index contributed by atoms with van der Waals surface area (Å²) in [7, 11) is 0. The van der Waals surface area contributed by atoms with Crippen LogP contribution in [-0.2, 0) is 22.5 Å². The first-order valence-electron chi connectivity index (χ1n) is 12.2. The van der Waals surface area contributed by atoms with Gasteiger partial charge in [0.05, 0.1) is 29.3 Å². The summed E-state index contributed by atoms with van der Waals surface area (Å²) in [5.41, 5.74) is 1.70. The van der Waals surface area contributed by atoms with Gasteiger partial charge in [-0.1, -0.05) is 71.7 Å². The van der Waals surface area contributed by atoms with E-state index in [-0.39, 0.29) is 30.2 Å². The molecule has 9 heteroatoms. The first-order valence-corrected chi connectivity index (χ1v) is 12.9. The number of carboxylic acids is 1. The maximum atomic E-state index is 13.7. The lowest BCUT2D eigenvalue weighted by Crippen LogP contribution is -2.46. The minimum Gasteiger partial charge on any atom is -0.480 e. The zero-order valence-electron chi connectivity index (χ0n) is 21.0. The Kier molecular flexibility index (Phi) is 9.07. The summed E-state index contributed by atoms with van der Waals surface area (Å²) < 4.78 is 11.2. The van der Waals surface area contributed by atoms with Crippen LogP contribution in [0.25, 0.3) is 11.3 Å². The normalized spacial score (nSPS) is 11.6. The van der Waals surface area contributed by atoms with Gasteiger partial charge in [-0.15, -0.1) is 0 Å². The molecule has 7 nitrogen and oxygen atoms in total. The van der Waals surface area contributed by atoms with Gasteiger partial charge in [-0.3, -0.25) is 4.79 Å². The number of esters is 1. The Hall–Kier alpha value is -4.07. The summed E-state index contributed by atoms with van der Waals surface area (Å²) in [5, 5.41) is 10.6. The molecule has 0 saturated carbocycles. The molecule has 0 aliphatic rings. The second-order valence-corrected chi connectivity index (χ2v) is 9.48. The third-order valence-corrected chi connectivity index (χ3v) is 6.58. The summed E-state index contributed by atoms with van der Waals surface area (Å²) in [5.74, 6) is -1.57. The van der Waals surface area contributed by atoms with Crippen molar-refractivity contribution in [1.82, 2.24) is 4.90 Å². The van der Waals surface area contributed by atoms with Crippen LogP contribution >= 0.6 is 23.2 Å². The van der Waals surface area contributed by atoms with E-state index in [1.807, 2.05) is 6.07 Å². The zero-order chi connectivity index (χ0) is 27.9. The number of furan rings is 1. The molecule has 1 aromatic heterocycles. The largest absolute Gasteiger partial charge is 0.480 e. The van der Waals surface area contributed by atoms with Crippen LogP contribution in [0, 0.1) is 0 Å². The van der Waals surface area contributed by atoms with Crippen LogP contribution in [0.2, 0.25) is 10.0 Å². The molecule has 4 aromatic rings. The maximum absolute atomic E-state index is 13.7. The predicted octanol–water partition coefficient (Wildman–Crippen LogP) is 6.77. The highest BCUT2D eigenvalue weighted by molar-refractivity contribution is 6.36. The van der Waals surface area contributed by atoms with Gasteiger partial charge in [0.15, 0.2) is 0 Å². The predicted molar refractivity (Wildman–Crippen MR) is 148 cm³/mol. The van der Waals surface area contributed by atoms with Crippen LogP contribution < -0.4 is 0 Å². The van der Waals surface area contributed by atoms with Crippen molar-refractivity contribution in [3.8, 4) is 11.3 Å². The van der Waals surface area contributed by atoms with Gasteiger partial charge >= 0.3 is 11.9 Å². The number of carbonyl (C=O) groups is 3. The monoisotopic (exact) mass is 565 g/mol. The Morgan fingerprint density at radius 3 is 2.33 bits per heavy atom. The van der Waals surface area contributed by atoms with Crippen LogP contribution in [0.15, 0.2) is 89.3 Å². The third kappa shape index (κ3) is 6.69. The molecule has 1 amide bonds. The molecule has 0 saturated heterocycles. The number of aliphatic carboxylic acids is 1. The Labute approximate surface area is 235 Å². The minimum atomic E-state index is -1.23. The molecule has 1 atom stereocenters. The fourth-order valence-electron chi connectivity index (χ4n) is 4.17. The molecule has 0 spiro atoms. The van der Waals surface area contributed by atoms with E-state index in [0.29, 0.717) is 27.7 Å². The first kappa shape index (κ1) is 28.0. The smallest absolute Gasteiger partial charge is 0.338 e. The van der Waals surface area contributed by atoms with E-state index >= 15 is 0 Å². The molecule has 0 aliphatic carbocycles. The number of hydrogen-bond donors (Lipinski definition) is 1. The average molecular weight is 566 g/mol. The standard InChI is InChI=1S/C30H25Cl2NO6/c1-2-38-30(37)23-11-7-6-10-22(23)27-15-13-21(39-27)18-33(28(34)24-14-12-20(31)17-25(24)32)26(29(35)36)16-19-8-4-3-5-9-19/h3-15,17,26H,2,16,18H2,1H3,(H,35,36)/t26-/m0/s1. The minimum absolute atomic E-state index is 0.0619. The fraction of sp³-hybridized carbons (Fsp3) is 0.167.